The van der Waals surface area contributed by atoms with E-state index in [1.165, 1.54) is 0 Å². The number of likely N-dealkylation sites (tertiary alicyclic amines) is 1. The number of carboxylic acids is 1. The summed E-state index contributed by atoms with van der Waals surface area (Å²) in [4.78, 5) is 18.6. The van der Waals surface area contributed by atoms with Crippen molar-refractivity contribution in [2.75, 3.05) is 13.7 Å². The van der Waals surface area contributed by atoms with Gasteiger partial charge in [-0.25, -0.2) is 0 Å². The second-order valence-corrected chi connectivity index (χ2v) is 8.08. The third-order valence-electron chi connectivity index (χ3n) is 5.87. The SMILES string of the molecule is COc1cc(C(c2ccc(C)cn2)N2CCCC2C(=O)O)ccc1OCc1ccccc1. The molecule has 0 aliphatic carbocycles. The Bertz CT molecular complexity index is 1050. The molecule has 1 aliphatic heterocycles. The molecule has 0 radical (unpaired) electrons. The summed E-state index contributed by atoms with van der Waals surface area (Å²) in [6, 6.07) is 18.9. The first-order valence-corrected chi connectivity index (χ1v) is 10.8. The zero-order valence-corrected chi connectivity index (χ0v) is 18.4. The Morgan fingerprint density at radius 1 is 1.16 bits per heavy atom. The van der Waals surface area contributed by atoms with Gasteiger partial charge in [-0.05, 0) is 54.7 Å². The lowest BCUT2D eigenvalue weighted by Crippen LogP contribution is -2.39. The van der Waals surface area contributed by atoms with Crippen molar-refractivity contribution in [2.24, 2.45) is 0 Å². The number of aryl methyl sites for hydroxylation is 1. The molecule has 32 heavy (non-hydrogen) atoms. The number of hydrogen-bond donors (Lipinski definition) is 1. The third-order valence-corrected chi connectivity index (χ3v) is 5.87. The summed E-state index contributed by atoms with van der Waals surface area (Å²) in [6.45, 7) is 3.13. The molecule has 2 atom stereocenters. The molecule has 2 unspecified atom stereocenters. The fraction of sp³-hybridized carbons (Fsp3) is 0.308. The molecule has 0 bridgehead atoms. The fourth-order valence-corrected chi connectivity index (χ4v) is 4.25. The average molecular weight is 433 g/mol. The van der Waals surface area contributed by atoms with Gasteiger partial charge in [-0.15, -0.1) is 0 Å². The summed E-state index contributed by atoms with van der Waals surface area (Å²) < 4.78 is 11.6. The first-order valence-electron chi connectivity index (χ1n) is 10.8. The minimum absolute atomic E-state index is 0.281. The lowest BCUT2D eigenvalue weighted by Gasteiger charge is -2.31. The third kappa shape index (κ3) is 4.75. The maximum atomic E-state index is 11.9. The Kier molecular flexibility index (Phi) is 6.71. The standard InChI is InChI=1S/C26H28N2O4/c1-18-10-12-21(27-16-18)25(28-14-6-9-22(28)26(29)30)20-11-13-23(24(15-20)31-2)32-17-19-7-4-3-5-8-19/h3-5,7-8,10-13,15-16,22,25H,6,9,14,17H2,1-2H3,(H,29,30). The lowest BCUT2D eigenvalue weighted by molar-refractivity contribution is -0.142. The zero-order valence-electron chi connectivity index (χ0n) is 18.4. The second-order valence-electron chi connectivity index (χ2n) is 8.08. The number of ether oxygens (including phenoxy) is 2. The van der Waals surface area contributed by atoms with E-state index >= 15 is 0 Å². The molecule has 4 rings (SSSR count). The van der Waals surface area contributed by atoms with Gasteiger partial charge in [-0.3, -0.25) is 14.7 Å². The molecule has 1 N–H and O–H groups in total. The number of benzene rings is 2. The summed E-state index contributed by atoms with van der Waals surface area (Å²) in [6.07, 6.45) is 3.30. The van der Waals surface area contributed by atoms with Crippen molar-refractivity contribution in [3.05, 3.63) is 89.2 Å². The van der Waals surface area contributed by atoms with E-state index in [0.717, 1.165) is 28.8 Å². The van der Waals surface area contributed by atoms with Crippen LogP contribution < -0.4 is 9.47 Å². The predicted octanol–water partition coefficient (Wildman–Crippen LogP) is 4.62. The molecule has 1 saturated heterocycles. The van der Waals surface area contributed by atoms with E-state index in [0.29, 0.717) is 31.1 Å². The highest BCUT2D eigenvalue weighted by Gasteiger charge is 2.37. The van der Waals surface area contributed by atoms with E-state index in [1.54, 1.807) is 7.11 Å². The molecule has 3 aromatic rings. The van der Waals surface area contributed by atoms with E-state index < -0.39 is 12.0 Å². The summed E-state index contributed by atoms with van der Waals surface area (Å²) in [5.74, 6) is 0.461. The maximum Gasteiger partial charge on any atom is 0.320 e. The Labute approximate surface area is 188 Å². The van der Waals surface area contributed by atoms with Crippen LogP contribution in [0.3, 0.4) is 0 Å². The van der Waals surface area contributed by atoms with Gasteiger partial charge in [-0.2, -0.15) is 0 Å². The van der Waals surface area contributed by atoms with Crippen LogP contribution in [-0.2, 0) is 11.4 Å². The van der Waals surface area contributed by atoms with E-state index in [4.69, 9.17) is 9.47 Å². The number of nitrogens with zero attached hydrogens (tertiary/aromatic N) is 2. The molecule has 2 heterocycles. The van der Waals surface area contributed by atoms with Crippen molar-refractivity contribution in [1.29, 1.82) is 0 Å². The van der Waals surface area contributed by atoms with Crippen molar-refractivity contribution < 1.29 is 19.4 Å². The second kappa shape index (κ2) is 9.83. The first kappa shape index (κ1) is 21.8. The van der Waals surface area contributed by atoms with Gasteiger partial charge in [0.2, 0.25) is 0 Å². The van der Waals surface area contributed by atoms with E-state index in [-0.39, 0.29) is 6.04 Å². The predicted molar refractivity (Wildman–Crippen MR) is 122 cm³/mol. The van der Waals surface area contributed by atoms with Crippen LogP contribution in [0.25, 0.3) is 0 Å². The molecule has 1 aliphatic rings. The topological polar surface area (TPSA) is 71.9 Å². The fourth-order valence-electron chi connectivity index (χ4n) is 4.25. The normalized spacial score (nSPS) is 17.1. The van der Waals surface area contributed by atoms with Crippen LogP contribution in [0, 0.1) is 6.92 Å². The van der Waals surface area contributed by atoms with Gasteiger partial charge in [0.1, 0.15) is 12.6 Å². The largest absolute Gasteiger partial charge is 0.493 e. The van der Waals surface area contributed by atoms with Crippen molar-refractivity contribution in [1.82, 2.24) is 9.88 Å². The Morgan fingerprint density at radius 3 is 2.66 bits per heavy atom. The highest BCUT2D eigenvalue weighted by Crippen LogP contribution is 2.38. The number of aliphatic carboxylic acids is 1. The molecule has 6 heteroatoms. The lowest BCUT2D eigenvalue weighted by atomic mass is 9.99. The number of methoxy groups -OCH3 is 1. The van der Waals surface area contributed by atoms with Gasteiger partial charge in [0, 0.05) is 12.7 Å². The molecular weight excluding hydrogens is 404 g/mol. The number of carboxylic acid groups (broad SMARTS) is 1. The number of aromatic nitrogens is 1. The molecule has 6 nitrogen and oxygen atoms in total. The van der Waals surface area contributed by atoms with Gasteiger partial charge in [0.05, 0.1) is 18.8 Å². The van der Waals surface area contributed by atoms with Gasteiger partial charge in [0.25, 0.3) is 0 Å². The molecule has 0 spiro atoms. The van der Waals surface area contributed by atoms with Gasteiger partial charge in [-0.1, -0.05) is 42.5 Å². The highest BCUT2D eigenvalue weighted by atomic mass is 16.5. The summed E-state index contributed by atoms with van der Waals surface area (Å²) in [5.41, 5.74) is 3.88. The molecule has 166 valence electrons. The van der Waals surface area contributed by atoms with Crippen LogP contribution in [0.15, 0.2) is 66.9 Å². The van der Waals surface area contributed by atoms with Gasteiger partial charge in [0.15, 0.2) is 11.5 Å². The Hall–Kier alpha value is -3.38. The highest BCUT2D eigenvalue weighted by molar-refractivity contribution is 5.74. The van der Waals surface area contributed by atoms with Crippen LogP contribution in [0.5, 0.6) is 11.5 Å². The summed E-state index contributed by atoms with van der Waals surface area (Å²) in [7, 11) is 1.61. The Morgan fingerprint density at radius 2 is 1.97 bits per heavy atom. The minimum Gasteiger partial charge on any atom is -0.493 e. The Balaban J connectivity index is 1.67. The van der Waals surface area contributed by atoms with Crippen molar-refractivity contribution >= 4 is 5.97 Å². The number of rotatable bonds is 8. The van der Waals surface area contributed by atoms with E-state index in [2.05, 4.69) is 4.98 Å². The smallest absolute Gasteiger partial charge is 0.320 e. The van der Waals surface area contributed by atoms with Gasteiger partial charge < -0.3 is 14.6 Å². The zero-order chi connectivity index (χ0) is 22.5. The molecular formula is C26H28N2O4. The summed E-state index contributed by atoms with van der Waals surface area (Å²) in [5, 5.41) is 9.79. The van der Waals surface area contributed by atoms with Crippen molar-refractivity contribution in [2.45, 2.75) is 38.5 Å². The monoisotopic (exact) mass is 432 g/mol. The number of pyridine rings is 1. The van der Waals surface area contributed by atoms with E-state index in [9.17, 15) is 9.90 Å². The molecule has 1 aromatic heterocycles. The van der Waals surface area contributed by atoms with Crippen LogP contribution in [0.1, 0.15) is 41.3 Å². The molecule has 0 saturated carbocycles. The summed E-state index contributed by atoms with van der Waals surface area (Å²) >= 11 is 0. The molecule has 1 fully saturated rings. The van der Waals surface area contributed by atoms with Crippen molar-refractivity contribution in [3.8, 4) is 11.5 Å². The maximum absolute atomic E-state index is 11.9. The van der Waals surface area contributed by atoms with Crippen molar-refractivity contribution in [3.63, 3.8) is 0 Å². The number of carbonyl (C=O) groups is 1. The van der Waals surface area contributed by atoms with Crippen LogP contribution in [0.2, 0.25) is 0 Å². The average Bonchev–Trinajstić information content (AvgIpc) is 3.30. The first-order chi connectivity index (χ1) is 15.6. The minimum atomic E-state index is -0.797. The number of hydrogen-bond acceptors (Lipinski definition) is 5. The van der Waals surface area contributed by atoms with Crippen LogP contribution in [0.4, 0.5) is 0 Å². The van der Waals surface area contributed by atoms with Crippen LogP contribution in [-0.4, -0.2) is 40.7 Å². The van der Waals surface area contributed by atoms with Gasteiger partial charge >= 0.3 is 5.97 Å². The molecule has 0 amide bonds. The van der Waals surface area contributed by atoms with E-state index in [1.807, 2.05) is 78.7 Å². The van der Waals surface area contributed by atoms with Crippen LogP contribution >= 0.6 is 0 Å². The molecule has 2 aromatic carbocycles. The quantitative estimate of drug-likeness (QED) is 0.560.